The van der Waals surface area contributed by atoms with Gasteiger partial charge in [0, 0.05) is 19.5 Å². The van der Waals surface area contributed by atoms with Crippen LogP contribution < -0.4 is 5.32 Å². The van der Waals surface area contributed by atoms with E-state index in [1.54, 1.807) is 11.0 Å². The summed E-state index contributed by atoms with van der Waals surface area (Å²) in [6, 6.07) is 8.22. The molecule has 1 aromatic carbocycles. The van der Waals surface area contributed by atoms with Crippen LogP contribution in [0.2, 0.25) is 0 Å². The number of tetrazole rings is 1. The molecule has 0 atom stereocenters. The SMILES string of the molecule is CC(C)Cn1c(CCNC(=O)C2(n3cnnn3)CCCCC2)nc2ccccc21. The minimum absolute atomic E-state index is 0.0102. The van der Waals surface area contributed by atoms with Crippen LogP contribution in [0.1, 0.15) is 51.8 Å². The van der Waals surface area contributed by atoms with Crippen LogP contribution in [-0.4, -0.2) is 42.2 Å². The van der Waals surface area contributed by atoms with Crippen LogP contribution >= 0.6 is 0 Å². The highest BCUT2D eigenvalue weighted by Gasteiger charge is 2.42. The Morgan fingerprint density at radius 3 is 2.72 bits per heavy atom. The van der Waals surface area contributed by atoms with Crippen LogP contribution in [0.25, 0.3) is 11.0 Å². The topological polar surface area (TPSA) is 90.5 Å². The first-order valence-electron chi connectivity index (χ1n) is 10.6. The lowest BCUT2D eigenvalue weighted by molar-refractivity contribution is -0.132. The number of carbonyl (C=O) groups excluding carboxylic acids is 1. The van der Waals surface area contributed by atoms with Crippen molar-refractivity contribution in [3.63, 3.8) is 0 Å². The number of amides is 1. The number of imidazole rings is 1. The van der Waals surface area contributed by atoms with Crippen LogP contribution in [0.5, 0.6) is 0 Å². The number of carbonyl (C=O) groups is 1. The van der Waals surface area contributed by atoms with Gasteiger partial charge in [0.25, 0.3) is 0 Å². The molecule has 0 radical (unpaired) electrons. The normalized spacial score (nSPS) is 16.4. The highest BCUT2D eigenvalue weighted by Crippen LogP contribution is 2.34. The quantitative estimate of drug-likeness (QED) is 0.664. The Bertz CT molecular complexity index is 955. The van der Waals surface area contributed by atoms with Crippen molar-refractivity contribution in [3.8, 4) is 0 Å². The van der Waals surface area contributed by atoms with E-state index in [1.165, 1.54) is 0 Å². The van der Waals surface area contributed by atoms with Crippen molar-refractivity contribution in [3.05, 3.63) is 36.4 Å². The molecule has 1 aliphatic carbocycles. The summed E-state index contributed by atoms with van der Waals surface area (Å²) in [6.07, 6.45) is 6.97. The third kappa shape index (κ3) is 3.88. The number of hydrogen-bond donors (Lipinski definition) is 1. The molecule has 8 heteroatoms. The van der Waals surface area contributed by atoms with Crippen molar-refractivity contribution < 1.29 is 4.79 Å². The zero-order chi connectivity index (χ0) is 20.3. The molecule has 29 heavy (non-hydrogen) atoms. The molecular formula is C21H29N7O. The molecule has 4 rings (SSSR count). The molecule has 1 aliphatic rings. The van der Waals surface area contributed by atoms with Gasteiger partial charge < -0.3 is 9.88 Å². The summed E-state index contributed by atoms with van der Waals surface area (Å²) in [4.78, 5) is 18.0. The molecule has 0 aliphatic heterocycles. The lowest BCUT2D eigenvalue weighted by atomic mass is 9.81. The van der Waals surface area contributed by atoms with E-state index in [4.69, 9.17) is 4.98 Å². The molecule has 154 valence electrons. The Labute approximate surface area is 170 Å². The molecule has 3 aromatic rings. The molecule has 0 saturated heterocycles. The highest BCUT2D eigenvalue weighted by molar-refractivity contribution is 5.84. The third-order valence-electron chi connectivity index (χ3n) is 5.81. The smallest absolute Gasteiger partial charge is 0.248 e. The Balaban J connectivity index is 1.49. The van der Waals surface area contributed by atoms with Crippen LogP contribution in [0.15, 0.2) is 30.6 Å². The van der Waals surface area contributed by atoms with E-state index in [2.05, 4.69) is 45.3 Å². The summed E-state index contributed by atoms with van der Waals surface area (Å²) in [5, 5.41) is 14.7. The van der Waals surface area contributed by atoms with Crippen LogP contribution in [0.3, 0.4) is 0 Å². The average molecular weight is 396 g/mol. The Morgan fingerprint density at radius 2 is 2.00 bits per heavy atom. The number of para-hydroxylation sites is 2. The second-order valence-corrected chi connectivity index (χ2v) is 8.37. The average Bonchev–Trinajstić information content (AvgIpc) is 3.38. The Hall–Kier alpha value is -2.77. The molecule has 2 aromatic heterocycles. The van der Waals surface area contributed by atoms with E-state index >= 15 is 0 Å². The van der Waals surface area contributed by atoms with E-state index in [-0.39, 0.29) is 5.91 Å². The van der Waals surface area contributed by atoms with Gasteiger partial charge in [-0.25, -0.2) is 9.67 Å². The van der Waals surface area contributed by atoms with Gasteiger partial charge in [-0.3, -0.25) is 4.79 Å². The minimum Gasteiger partial charge on any atom is -0.354 e. The van der Waals surface area contributed by atoms with Crippen molar-refractivity contribution in [2.45, 2.75) is 64.5 Å². The molecule has 0 spiro atoms. The molecule has 1 fully saturated rings. The maximum atomic E-state index is 13.2. The van der Waals surface area contributed by atoms with E-state index in [0.717, 1.165) is 55.5 Å². The number of benzene rings is 1. The number of nitrogens with one attached hydrogen (secondary N) is 1. The summed E-state index contributed by atoms with van der Waals surface area (Å²) in [5.41, 5.74) is 1.49. The van der Waals surface area contributed by atoms with Gasteiger partial charge in [0.05, 0.1) is 11.0 Å². The molecule has 1 amide bonds. The summed E-state index contributed by atoms with van der Waals surface area (Å²) in [6.45, 7) is 5.88. The van der Waals surface area contributed by atoms with Gasteiger partial charge in [-0.1, -0.05) is 45.2 Å². The summed E-state index contributed by atoms with van der Waals surface area (Å²) in [5.74, 6) is 1.54. The van der Waals surface area contributed by atoms with Gasteiger partial charge in [0.15, 0.2) is 0 Å². The molecule has 2 heterocycles. The van der Waals surface area contributed by atoms with Crippen LogP contribution in [0, 0.1) is 5.92 Å². The van der Waals surface area contributed by atoms with Crippen LogP contribution in [-0.2, 0) is 23.3 Å². The molecule has 1 saturated carbocycles. The van der Waals surface area contributed by atoms with Crippen molar-refractivity contribution in [2.75, 3.05) is 6.54 Å². The summed E-state index contributed by atoms with van der Waals surface area (Å²) < 4.78 is 3.93. The van der Waals surface area contributed by atoms with Crippen molar-refractivity contribution in [2.24, 2.45) is 5.92 Å². The van der Waals surface area contributed by atoms with Crippen molar-refractivity contribution in [1.82, 2.24) is 35.1 Å². The first-order valence-corrected chi connectivity index (χ1v) is 10.6. The lowest BCUT2D eigenvalue weighted by Crippen LogP contribution is -2.50. The van der Waals surface area contributed by atoms with E-state index < -0.39 is 5.54 Å². The number of aromatic nitrogens is 6. The Morgan fingerprint density at radius 1 is 1.21 bits per heavy atom. The van der Waals surface area contributed by atoms with Crippen molar-refractivity contribution >= 4 is 16.9 Å². The summed E-state index contributed by atoms with van der Waals surface area (Å²) >= 11 is 0. The molecular weight excluding hydrogens is 366 g/mol. The lowest BCUT2D eigenvalue weighted by Gasteiger charge is -2.35. The molecule has 0 unspecified atom stereocenters. The van der Waals surface area contributed by atoms with Crippen LogP contribution in [0.4, 0.5) is 0 Å². The van der Waals surface area contributed by atoms with Gasteiger partial charge >= 0.3 is 0 Å². The van der Waals surface area contributed by atoms with Crippen molar-refractivity contribution in [1.29, 1.82) is 0 Å². The van der Waals surface area contributed by atoms with Gasteiger partial charge in [0.1, 0.15) is 17.7 Å². The number of fused-ring (bicyclic) bond motifs is 1. The number of hydrogen-bond acceptors (Lipinski definition) is 5. The second-order valence-electron chi connectivity index (χ2n) is 8.37. The van der Waals surface area contributed by atoms with E-state index in [0.29, 0.717) is 18.9 Å². The fraction of sp³-hybridized carbons (Fsp3) is 0.571. The van der Waals surface area contributed by atoms with Gasteiger partial charge in [-0.05, 0) is 41.3 Å². The first-order chi connectivity index (χ1) is 14.1. The van der Waals surface area contributed by atoms with Gasteiger partial charge in [-0.15, -0.1) is 5.10 Å². The monoisotopic (exact) mass is 395 g/mol. The number of nitrogens with zero attached hydrogens (tertiary/aromatic N) is 6. The Kier molecular flexibility index (Phi) is 5.60. The van der Waals surface area contributed by atoms with Gasteiger partial charge in [0.2, 0.25) is 5.91 Å². The fourth-order valence-corrected chi connectivity index (χ4v) is 4.39. The first kappa shape index (κ1) is 19.5. The zero-order valence-electron chi connectivity index (χ0n) is 17.2. The molecule has 1 N–H and O–H groups in total. The second kappa shape index (κ2) is 8.31. The fourth-order valence-electron chi connectivity index (χ4n) is 4.39. The standard InChI is InChI=1S/C21H29N7O/c1-16(2)14-27-18-9-5-4-8-17(18)24-19(27)10-13-22-20(29)21(11-6-3-7-12-21)28-15-23-25-26-28/h4-5,8-9,15-16H,3,6-7,10-14H2,1-2H3,(H,22,29). The maximum Gasteiger partial charge on any atom is 0.248 e. The minimum atomic E-state index is -0.667. The predicted octanol–water partition coefficient (Wildman–Crippen LogP) is 2.70. The summed E-state index contributed by atoms with van der Waals surface area (Å²) in [7, 11) is 0. The number of rotatable bonds is 7. The molecule has 0 bridgehead atoms. The maximum absolute atomic E-state index is 13.2. The largest absolute Gasteiger partial charge is 0.354 e. The third-order valence-corrected chi connectivity index (χ3v) is 5.81. The highest BCUT2D eigenvalue weighted by atomic mass is 16.2. The van der Waals surface area contributed by atoms with Gasteiger partial charge in [-0.2, -0.15) is 0 Å². The molecule has 8 nitrogen and oxygen atoms in total. The van der Waals surface area contributed by atoms with E-state index in [1.807, 2.05) is 18.2 Å². The van der Waals surface area contributed by atoms with E-state index in [9.17, 15) is 4.79 Å². The predicted molar refractivity (Wildman–Crippen MR) is 110 cm³/mol. The zero-order valence-corrected chi connectivity index (χ0v) is 17.2.